The second kappa shape index (κ2) is 9.91. The van der Waals surface area contributed by atoms with Crippen molar-refractivity contribution < 1.29 is 14.3 Å². The molecule has 2 rings (SSSR count). The van der Waals surface area contributed by atoms with Gasteiger partial charge >= 0.3 is 5.97 Å². The molecule has 0 atom stereocenters. The summed E-state index contributed by atoms with van der Waals surface area (Å²) >= 11 is 0. The molecule has 0 unspecified atom stereocenters. The van der Waals surface area contributed by atoms with E-state index in [0.717, 1.165) is 34.9 Å². The highest BCUT2D eigenvalue weighted by atomic mass is 16.5. The lowest BCUT2D eigenvalue weighted by Crippen LogP contribution is -2.20. The Hall–Kier alpha value is -3.09. The number of nitrogens with zero attached hydrogens (tertiary/aromatic N) is 3. The van der Waals surface area contributed by atoms with E-state index in [0.29, 0.717) is 18.7 Å². The molecule has 7 nitrogen and oxygen atoms in total. The third kappa shape index (κ3) is 5.25. The lowest BCUT2D eigenvalue weighted by molar-refractivity contribution is -0.116. The first-order valence-corrected chi connectivity index (χ1v) is 9.75. The minimum Gasteiger partial charge on any atom is -0.462 e. The van der Waals surface area contributed by atoms with Gasteiger partial charge < -0.3 is 19.5 Å². The topological polar surface area (TPSA) is 76.5 Å². The van der Waals surface area contributed by atoms with Crippen molar-refractivity contribution in [1.82, 2.24) is 14.9 Å². The summed E-state index contributed by atoms with van der Waals surface area (Å²) in [7, 11) is 3.85. The second-order valence-corrected chi connectivity index (χ2v) is 6.89. The van der Waals surface area contributed by atoms with Gasteiger partial charge in [-0.05, 0) is 45.4 Å². The lowest BCUT2D eigenvalue weighted by atomic mass is 10.1. The summed E-state index contributed by atoms with van der Waals surface area (Å²) in [6.45, 7) is 9.05. The molecular weight excluding hydrogens is 368 g/mol. The molecule has 0 saturated heterocycles. The SMILES string of the molecule is CCOC(=O)c1c(/C=C/C(=O)NCc2ccc(N(C)C)nc2)c(C)n(CC)c1C. The Morgan fingerprint density at radius 3 is 2.48 bits per heavy atom. The first-order chi connectivity index (χ1) is 13.8. The molecule has 0 spiro atoms. The Labute approximate surface area is 172 Å². The zero-order valence-electron chi connectivity index (χ0n) is 18.1. The third-order valence-electron chi connectivity index (χ3n) is 4.76. The van der Waals surface area contributed by atoms with Crippen molar-refractivity contribution >= 4 is 23.8 Å². The molecule has 0 radical (unpaired) electrons. The molecular formula is C22H30N4O3. The Morgan fingerprint density at radius 2 is 1.93 bits per heavy atom. The standard InChI is InChI=1S/C22H30N4O3/c1-7-26-15(3)18(21(16(26)4)22(28)29-8-2)10-12-20(27)24-14-17-9-11-19(23-13-17)25(5)6/h9-13H,7-8,14H2,1-6H3,(H,24,27)/b12-10+. The predicted octanol–water partition coefficient (Wildman–Crippen LogP) is 3.09. The Morgan fingerprint density at radius 1 is 1.21 bits per heavy atom. The molecule has 0 saturated carbocycles. The van der Waals surface area contributed by atoms with Gasteiger partial charge in [0.25, 0.3) is 0 Å². The molecule has 0 aliphatic rings. The highest BCUT2D eigenvalue weighted by Gasteiger charge is 2.22. The van der Waals surface area contributed by atoms with Gasteiger partial charge in [-0.25, -0.2) is 9.78 Å². The number of aromatic nitrogens is 2. The fourth-order valence-electron chi connectivity index (χ4n) is 3.24. The summed E-state index contributed by atoms with van der Waals surface area (Å²) in [5.41, 5.74) is 3.92. The summed E-state index contributed by atoms with van der Waals surface area (Å²) < 4.78 is 7.25. The number of pyridine rings is 1. The predicted molar refractivity (Wildman–Crippen MR) is 115 cm³/mol. The third-order valence-corrected chi connectivity index (χ3v) is 4.76. The van der Waals surface area contributed by atoms with Crippen molar-refractivity contribution in [3.05, 3.63) is 52.5 Å². The largest absolute Gasteiger partial charge is 0.462 e. The number of ether oxygens (including phenoxy) is 1. The van der Waals surface area contributed by atoms with E-state index in [9.17, 15) is 9.59 Å². The van der Waals surface area contributed by atoms with Gasteiger partial charge in [0, 0.05) is 56.4 Å². The molecule has 0 fully saturated rings. The average molecular weight is 399 g/mol. The number of hydrogen-bond acceptors (Lipinski definition) is 5. The van der Waals surface area contributed by atoms with Crippen molar-refractivity contribution in [3.8, 4) is 0 Å². The van der Waals surface area contributed by atoms with E-state index in [1.807, 2.05) is 56.5 Å². The van der Waals surface area contributed by atoms with E-state index in [4.69, 9.17) is 4.74 Å². The number of hydrogen-bond donors (Lipinski definition) is 1. The van der Waals surface area contributed by atoms with Gasteiger partial charge in [-0.1, -0.05) is 6.07 Å². The summed E-state index contributed by atoms with van der Waals surface area (Å²) in [5, 5.41) is 2.84. The van der Waals surface area contributed by atoms with Crippen LogP contribution >= 0.6 is 0 Å². The van der Waals surface area contributed by atoms with E-state index in [-0.39, 0.29) is 11.9 Å². The minimum atomic E-state index is -0.368. The van der Waals surface area contributed by atoms with Gasteiger partial charge in [-0.3, -0.25) is 4.79 Å². The summed E-state index contributed by atoms with van der Waals surface area (Å²) in [6, 6.07) is 3.84. The summed E-state index contributed by atoms with van der Waals surface area (Å²) in [5.74, 6) is 0.253. The molecule has 1 N–H and O–H groups in total. The maximum Gasteiger partial charge on any atom is 0.340 e. The highest BCUT2D eigenvalue weighted by Crippen LogP contribution is 2.25. The Kier molecular flexibility index (Phi) is 7.59. The van der Waals surface area contributed by atoms with Crippen LogP contribution in [0.3, 0.4) is 0 Å². The number of carbonyl (C=O) groups is 2. The maximum atomic E-state index is 12.4. The van der Waals surface area contributed by atoms with Crippen molar-refractivity contribution in [2.24, 2.45) is 0 Å². The fraction of sp³-hybridized carbons (Fsp3) is 0.409. The van der Waals surface area contributed by atoms with Crippen LogP contribution in [0.5, 0.6) is 0 Å². The van der Waals surface area contributed by atoms with Crippen molar-refractivity contribution in [2.45, 2.75) is 40.8 Å². The molecule has 29 heavy (non-hydrogen) atoms. The van der Waals surface area contributed by atoms with Gasteiger partial charge in [0.2, 0.25) is 5.91 Å². The second-order valence-electron chi connectivity index (χ2n) is 6.89. The number of carbonyl (C=O) groups excluding carboxylic acids is 2. The minimum absolute atomic E-state index is 0.238. The van der Waals surface area contributed by atoms with Crippen molar-refractivity contribution in [2.75, 3.05) is 25.6 Å². The van der Waals surface area contributed by atoms with Crippen LogP contribution in [0.2, 0.25) is 0 Å². The fourth-order valence-corrected chi connectivity index (χ4v) is 3.24. The van der Waals surface area contributed by atoms with Crippen LogP contribution in [0.1, 0.15) is 46.7 Å². The van der Waals surface area contributed by atoms with Crippen LogP contribution in [-0.2, 0) is 22.6 Å². The van der Waals surface area contributed by atoms with Crippen LogP contribution in [0, 0.1) is 13.8 Å². The average Bonchev–Trinajstić information content (AvgIpc) is 2.94. The van der Waals surface area contributed by atoms with E-state index >= 15 is 0 Å². The van der Waals surface area contributed by atoms with Gasteiger partial charge in [0.05, 0.1) is 12.2 Å². The smallest absolute Gasteiger partial charge is 0.340 e. The molecule has 7 heteroatoms. The molecule has 156 valence electrons. The zero-order valence-corrected chi connectivity index (χ0v) is 18.1. The number of anilines is 1. The van der Waals surface area contributed by atoms with Crippen LogP contribution < -0.4 is 10.2 Å². The molecule has 0 aromatic carbocycles. The number of esters is 1. The first kappa shape index (κ1) is 22.2. The first-order valence-electron chi connectivity index (χ1n) is 9.75. The quantitative estimate of drug-likeness (QED) is 0.546. The van der Waals surface area contributed by atoms with E-state index in [1.54, 1.807) is 19.2 Å². The van der Waals surface area contributed by atoms with Crippen molar-refractivity contribution in [3.63, 3.8) is 0 Å². The van der Waals surface area contributed by atoms with Gasteiger partial charge in [-0.15, -0.1) is 0 Å². The normalized spacial score (nSPS) is 11.0. The molecule has 2 aromatic rings. The zero-order chi connectivity index (χ0) is 21.6. The van der Waals surface area contributed by atoms with Crippen molar-refractivity contribution in [1.29, 1.82) is 0 Å². The van der Waals surface area contributed by atoms with E-state index in [2.05, 4.69) is 10.3 Å². The Balaban J connectivity index is 2.13. The maximum absolute atomic E-state index is 12.4. The molecule has 0 aliphatic heterocycles. The number of amides is 1. The van der Waals surface area contributed by atoms with Gasteiger partial charge in [0.1, 0.15) is 5.82 Å². The van der Waals surface area contributed by atoms with Crippen LogP contribution in [0.15, 0.2) is 24.4 Å². The summed E-state index contributed by atoms with van der Waals surface area (Å²) in [4.78, 5) is 31.0. The van der Waals surface area contributed by atoms with E-state index < -0.39 is 0 Å². The molecule has 0 aliphatic carbocycles. The number of nitrogens with one attached hydrogen (secondary N) is 1. The molecule has 2 aromatic heterocycles. The summed E-state index contributed by atoms with van der Waals surface area (Å²) in [6.07, 6.45) is 4.88. The van der Waals surface area contributed by atoms with Gasteiger partial charge in [-0.2, -0.15) is 0 Å². The number of rotatable bonds is 8. The van der Waals surface area contributed by atoms with E-state index in [1.165, 1.54) is 6.08 Å². The monoisotopic (exact) mass is 398 g/mol. The lowest BCUT2D eigenvalue weighted by Gasteiger charge is -2.11. The van der Waals surface area contributed by atoms with Gasteiger partial charge in [0.15, 0.2) is 0 Å². The molecule has 0 bridgehead atoms. The Bertz CT molecular complexity index is 896. The van der Waals surface area contributed by atoms with Crippen LogP contribution in [0.4, 0.5) is 5.82 Å². The molecule has 2 heterocycles. The van der Waals surface area contributed by atoms with Crippen LogP contribution in [-0.4, -0.2) is 42.1 Å². The molecule has 1 amide bonds. The highest BCUT2D eigenvalue weighted by molar-refractivity contribution is 5.98. The van der Waals surface area contributed by atoms with Crippen LogP contribution in [0.25, 0.3) is 6.08 Å².